The molecular weight excluding hydrogens is 252 g/mol. The van der Waals surface area contributed by atoms with Crippen LogP contribution in [-0.2, 0) is 7.05 Å². The van der Waals surface area contributed by atoms with Crippen molar-refractivity contribution in [3.8, 4) is 0 Å². The van der Waals surface area contributed by atoms with Crippen molar-refractivity contribution in [2.45, 2.75) is 6.04 Å². The number of benzene rings is 1. The molecule has 0 saturated carbocycles. The lowest BCUT2D eigenvalue weighted by Gasteiger charge is -2.02. The number of hydrogen-bond donors (Lipinski definition) is 1. The maximum atomic E-state index is 6.09. The van der Waals surface area contributed by atoms with Crippen molar-refractivity contribution in [2.75, 3.05) is 0 Å². The topological polar surface area (TPSA) is 69.9 Å². The first-order chi connectivity index (χ1) is 8.63. The number of oxazole rings is 1. The predicted molar refractivity (Wildman–Crippen MR) is 68.3 cm³/mol. The molecule has 0 radical (unpaired) electrons. The van der Waals surface area contributed by atoms with Gasteiger partial charge in [-0.25, -0.2) is 4.98 Å². The summed E-state index contributed by atoms with van der Waals surface area (Å²) in [7, 11) is 1.84. The highest BCUT2D eigenvalue weighted by molar-refractivity contribution is 6.31. The summed E-state index contributed by atoms with van der Waals surface area (Å²) >= 11 is 5.90. The number of halogens is 1. The van der Waals surface area contributed by atoms with Gasteiger partial charge < -0.3 is 10.2 Å². The summed E-state index contributed by atoms with van der Waals surface area (Å²) in [6, 6.07) is 4.86. The van der Waals surface area contributed by atoms with Crippen LogP contribution in [0.15, 0.2) is 35.0 Å². The van der Waals surface area contributed by atoms with E-state index in [0.717, 1.165) is 5.56 Å². The number of rotatable bonds is 2. The summed E-state index contributed by atoms with van der Waals surface area (Å²) in [5.41, 5.74) is 8.33. The largest absolute Gasteiger partial charge is 0.439 e. The molecule has 1 unspecified atom stereocenters. The minimum absolute atomic E-state index is 0.426. The Morgan fingerprint density at radius 1 is 1.44 bits per heavy atom. The predicted octanol–water partition coefficient (Wildman–Crippen LogP) is 2.26. The zero-order valence-electron chi connectivity index (χ0n) is 9.67. The Bertz CT molecular complexity index is 703. The smallest absolute Gasteiger partial charge is 0.217 e. The molecule has 0 bridgehead atoms. The molecule has 3 rings (SSSR count). The zero-order valence-corrected chi connectivity index (χ0v) is 10.4. The van der Waals surface area contributed by atoms with Crippen LogP contribution in [-0.4, -0.2) is 14.8 Å². The number of aryl methyl sites for hydroxylation is 1. The Morgan fingerprint density at radius 2 is 2.28 bits per heavy atom. The van der Waals surface area contributed by atoms with Gasteiger partial charge in [0, 0.05) is 23.8 Å². The maximum Gasteiger partial charge on any atom is 0.217 e. The number of nitrogens with zero attached hydrogens (tertiary/aromatic N) is 3. The van der Waals surface area contributed by atoms with Crippen molar-refractivity contribution >= 4 is 22.7 Å². The maximum absolute atomic E-state index is 6.09. The third-order valence-electron chi connectivity index (χ3n) is 2.72. The molecule has 1 atom stereocenters. The second-order valence-electron chi connectivity index (χ2n) is 4.09. The van der Waals surface area contributed by atoms with Crippen LogP contribution in [0.2, 0.25) is 5.02 Å². The Balaban J connectivity index is 2.03. The number of nitrogens with two attached hydrogens (primary N) is 1. The van der Waals surface area contributed by atoms with Gasteiger partial charge >= 0.3 is 0 Å². The van der Waals surface area contributed by atoms with E-state index < -0.39 is 6.04 Å². The van der Waals surface area contributed by atoms with E-state index in [1.54, 1.807) is 29.1 Å². The van der Waals surface area contributed by atoms with E-state index in [1.807, 2.05) is 13.2 Å². The van der Waals surface area contributed by atoms with Crippen LogP contribution in [0, 0.1) is 0 Å². The summed E-state index contributed by atoms with van der Waals surface area (Å²) in [6.07, 6.45) is 3.54. The van der Waals surface area contributed by atoms with Crippen molar-refractivity contribution in [3.05, 3.63) is 47.1 Å². The molecule has 0 aliphatic heterocycles. The van der Waals surface area contributed by atoms with Gasteiger partial charge in [-0.15, -0.1) is 0 Å². The van der Waals surface area contributed by atoms with Gasteiger partial charge in [0.15, 0.2) is 5.58 Å². The summed E-state index contributed by atoms with van der Waals surface area (Å²) in [5, 5.41) is 4.70. The fraction of sp³-hybridized carbons (Fsp3) is 0.167. The van der Waals surface area contributed by atoms with E-state index in [1.165, 1.54) is 0 Å². The van der Waals surface area contributed by atoms with Crippen molar-refractivity contribution in [1.29, 1.82) is 0 Å². The van der Waals surface area contributed by atoms with Crippen molar-refractivity contribution < 1.29 is 4.42 Å². The Labute approximate surface area is 108 Å². The van der Waals surface area contributed by atoms with Crippen molar-refractivity contribution in [1.82, 2.24) is 14.8 Å². The van der Waals surface area contributed by atoms with E-state index in [9.17, 15) is 0 Å². The fourth-order valence-corrected chi connectivity index (χ4v) is 1.96. The standard InChI is InChI=1S/C12H11ClN4O/c1-17-6-7(5-15-17)11(14)12-16-9-4-8(13)2-3-10(9)18-12/h2-6,11H,14H2,1H3. The quantitative estimate of drug-likeness (QED) is 0.769. The zero-order chi connectivity index (χ0) is 12.7. The molecule has 0 saturated heterocycles. The van der Waals surface area contributed by atoms with E-state index in [4.69, 9.17) is 21.8 Å². The first-order valence-corrected chi connectivity index (χ1v) is 5.81. The molecule has 3 aromatic rings. The van der Waals surface area contributed by atoms with Gasteiger partial charge in [-0.3, -0.25) is 4.68 Å². The average Bonchev–Trinajstić information content (AvgIpc) is 2.93. The molecule has 6 heteroatoms. The molecule has 0 aliphatic rings. The first kappa shape index (κ1) is 11.3. The monoisotopic (exact) mass is 262 g/mol. The van der Waals surface area contributed by atoms with Crippen molar-refractivity contribution in [2.24, 2.45) is 12.8 Å². The number of hydrogen-bond acceptors (Lipinski definition) is 4. The fourth-order valence-electron chi connectivity index (χ4n) is 1.79. The lowest BCUT2D eigenvalue weighted by Crippen LogP contribution is -2.11. The molecule has 2 N–H and O–H groups in total. The molecular formula is C12H11ClN4O. The molecule has 18 heavy (non-hydrogen) atoms. The molecule has 2 heterocycles. The van der Waals surface area contributed by atoms with E-state index in [-0.39, 0.29) is 0 Å². The van der Waals surface area contributed by atoms with Gasteiger partial charge in [-0.1, -0.05) is 11.6 Å². The third-order valence-corrected chi connectivity index (χ3v) is 2.95. The summed E-state index contributed by atoms with van der Waals surface area (Å²) in [6.45, 7) is 0. The van der Waals surface area contributed by atoms with Crippen LogP contribution in [0.5, 0.6) is 0 Å². The molecule has 0 spiro atoms. The van der Waals surface area contributed by atoms with Crippen LogP contribution < -0.4 is 5.73 Å². The molecule has 0 aliphatic carbocycles. The normalized spacial score (nSPS) is 13.1. The molecule has 5 nitrogen and oxygen atoms in total. The minimum Gasteiger partial charge on any atom is -0.439 e. The van der Waals surface area contributed by atoms with Crippen molar-refractivity contribution in [3.63, 3.8) is 0 Å². The lowest BCUT2D eigenvalue weighted by molar-refractivity contribution is 0.505. The molecule has 92 valence electrons. The lowest BCUT2D eigenvalue weighted by atomic mass is 10.2. The highest BCUT2D eigenvalue weighted by Crippen LogP contribution is 2.25. The van der Waals surface area contributed by atoms with Crippen LogP contribution >= 0.6 is 11.6 Å². The average molecular weight is 263 g/mol. The Kier molecular flexibility index (Phi) is 2.57. The summed E-state index contributed by atoms with van der Waals surface area (Å²) in [5.74, 6) is 0.459. The molecule has 1 aromatic carbocycles. The van der Waals surface area contributed by atoms with Crippen LogP contribution in [0.3, 0.4) is 0 Å². The number of aromatic nitrogens is 3. The highest BCUT2D eigenvalue weighted by atomic mass is 35.5. The van der Waals surface area contributed by atoms with E-state index >= 15 is 0 Å². The van der Waals surface area contributed by atoms with Gasteiger partial charge in [0.1, 0.15) is 11.6 Å². The second kappa shape index (κ2) is 4.12. The van der Waals surface area contributed by atoms with Crippen LogP contribution in [0.25, 0.3) is 11.1 Å². The third kappa shape index (κ3) is 1.87. The van der Waals surface area contributed by atoms with E-state index in [0.29, 0.717) is 22.0 Å². The SMILES string of the molecule is Cn1cc(C(N)c2nc3cc(Cl)ccc3o2)cn1. The van der Waals surface area contributed by atoms with Gasteiger partial charge in [0.25, 0.3) is 0 Å². The first-order valence-electron chi connectivity index (χ1n) is 5.43. The minimum atomic E-state index is -0.426. The molecule has 0 fully saturated rings. The summed E-state index contributed by atoms with van der Waals surface area (Å²) < 4.78 is 7.31. The van der Waals surface area contributed by atoms with E-state index in [2.05, 4.69) is 10.1 Å². The van der Waals surface area contributed by atoms with Crippen LogP contribution in [0.1, 0.15) is 17.5 Å². The van der Waals surface area contributed by atoms with Crippen LogP contribution in [0.4, 0.5) is 0 Å². The molecule has 0 amide bonds. The van der Waals surface area contributed by atoms with Gasteiger partial charge in [-0.2, -0.15) is 5.10 Å². The van der Waals surface area contributed by atoms with Gasteiger partial charge in [0.05, 0.1) is 6.20 Å². The summed E-state index contributed by atoms with van der Waals surface area (Å²) in [4.78, 5) is 4.35. The Hall–Kier alpha value is -1.85. The number of fused-ring (bicyclic) bond motifs is 1. The second-order valence-corrected chi connectivity index (χ2v) is 4.53. The highest BCUT2D eigenvalue weighted by Gasteiger charge is 2.17. The molecule has 2 aromatic heterocycles. The Morgan fingerprint density at radius 3 is 3.00 bits per heavy atom. The van der Waals surface area contributed by atoms with Gasteiger partial charge in [-0.05, 0) is 18.2 Å². The van der Waals surface area contributed by atoms with Gasteiger partial charge in [0.2, 0.25) is 5.89 Å².